The minimum Gasteiger partial charge on any atom is -0.289 e. The van der Waals surface area contributed by atoms with Crippen molar-refractivity contribution in [2.24, 2.45) is 0 Å². The van der Waals surface area contributed by atoms with Crippen LogP contribution in [0.5, 0.6) is 0 Å². The first-order chi connectivity index (χ1) is 15.8. The van der Waals surface area contributed by atoms with Crippen molar-refractivity contribution >= 4 is 21.5 Å². The van der Waals surface area contributed by atoms with E-state index in [2.05, 4.69) is 9.71 Å². The van der Waals surface area contributed by atoms with Crippen LogP contribution >= 0.6 is 0 Å². The summed E-state index contributed by atoms with van der Waals surface area (Å²) in [4.78, 5) is 17.2. The van der Waals surface area contributed by atoms with Gasteiger partial charge in [0.2, 0.25) is 0 Å². The molecule has 0 amide bonds. The Labute approximate surface area is 200 Å². The number of ketones is 1. The molecule has 0 spiro atoms. The lowest BCUT2D eigenvalue weighted by molar-refractivity contribution is 0.103. The monoisotopic (exact) mass is 470 g/mol. The summed E-state index contributed by atoms with van der Waals surface area (Å²) in [7, 11) is -3.81. The summed E-state index contributed by atoms with van der Waals surface area (Å²) in [5.74, 6) is -0.250. The lowest BCUT2D eigenvalue weighted by Crippen LogP contribution is -2.16. The molecular formula is C27H38N2O3S. The molecule has 1 heterocycles. The van der Waals surface area contributed by atoms with Crippen LogP contribution in [0.15, 0.2) is 65.8 Å². The van der Waals surface area contributed by atoms with E-state index in [0.29, 0.717) is 11.1 Å². The number of pyridine rings is 1. The second-order valence-electron chi connectivity index (χ2n) is 6.49. The third-order valence-corrected chi connectivity index (χ3v) is 5.64. The predicted molar refractivity (Wildman–Crippen MR) is 140 cm³/mol. The van der Waals surface area contributed by atoms with Gasteiger partial charge in [0, 0.05) is 23.5 Å². The van der Waals surface area contributed by atoms with Gasteiger partial charge < -0.3 is 0 Å². The maximum absolute atomic E-state index is 13.0. The van der Waals surface area contributed by atoms with Crippen molar-refractivity contribution in [3.63, 3.8) is 0 Å². The molecule has 33 heavy (non-hydrogen) atoms. The van der Waals surface area contributed by atoms with E-state index in [-0.39, 0.29) is 16.4 Å². The minimum absolute atomic E-state index is 0.146. The van der Waals surface area contributed by atoms with E-state index >= 15 is 0 Å². The second kappa shape index (κ2) is 15.0. The molecule has 0 bridgehead atoms. The lowest BCUT2D eigenvalue weighted by atomic mass is 9.98. The largest absolute Gasteiger partial charge is 0.289 e. The zero-order valence-electron chi connectivity index (χ0n) is 21.4. The van der Waals surface area contributed by atoms with Crippen LogP contribution in [0.25, 0.3) is 0 Å². The smallest absolute Gasteiger partial charge is 0.261 e. The number of nitrogens with one attached hydrogen (secondary N) is 1. The number of carbonyl (C=O) groups is 1. The molecular weight excluding hydrogens is 432 g/mol. The maximum atomic E-state index is 13.0. The average molecular weight is 471 g/mol. The third-order valence-electron chi connectivity index (χ3n) is 4.26. The summed E-state index contributed by atoms with van der Waals surface area (Å²) in [6.07, 6.45) is 3.16. The van der Waals surface area contributed by atoms with Crippen molar-refractivity contribution in [1.29, 1.82) is 0 Å². The molecule has 0 saturated carbocycles. The van der Waals surface area contributed by atoms with E-state index in [1.165, 1.54) is 0 Å². The predicted octanol–water partition coefficient (Wildman–Crippen LogP) is 7.12. The molecule has 0 aliphatic heterocycles. The Morgan fingerprint density at radius 3 is 1.85 bits per heavy atom. The number of carbonyl (C=O) groups excluding carboxylic acids is 1. The van der Waals surface area contributed by atoms with Gasteiger partial charge in [-0.25, -0.2) is 8.42 Å². The van der Waals surface area contributed by atoms with Crippen molar-refractivity contribution < 1.29 is 13.2 Å². The summed E-state index contributed by atoms with van der Waals surface area (Å²) in [6, 6.07) is 13.3. The van der Waals surface area contributed by atoms with Crippen LogP contribution in [0.3, 0.4) is 0 Å². The quantitative estimate of drug-likeness (QED) is 0.403. The first-order valence-electron chi connectivity index (χ1n) is 11.4. The van der Waals surface area contributed by atoms with Crippen LogP contribution in [0.1, 0.15) is 74.2 Å². The molecule has 6 heteroatoms. The van der Waals surface area contributed by atoms with Gasteiger partial charge in [0.25, 0.3) is 10.0 Å². The highest BCUT2D eigenvalue weighted by Gasteiger charge is 2.20. The molecule has 1 N–H and O–H groups in total. The number of benzene rings is 2. The Morgan fingerprint density at radius 1 is 0.758 bits per heavy atom. The summed E-state index contributed by atoms with van der Waals surface area (Å²) in [5.41, 5.74) is 3.61. The van der Waals surface area contributed by atoms with Gasteiger partial charge >= 0.3 is 0 Å². The Kier molecular flexibility index (Phi) is 13.6. The number of aromatic nitrogens is 1. The summed E-state index contributed by atoms with van der Waals surface area (Å²) in [6.45, 7) is 17.5. The fourth-order valence-corrected chi connectivity index (χ4v) is 3.81. The second-order valence-corrected chi connectivity index (χ2v) is 8.17. The van der Waals surface area contributed by atoms with Crippen LogP contribution in [-0.2, 0) is 10.0 Å². The summed E-state index contributed by atoms with van der Waals surface area (Å²) < 4.78 is 28.0. The molecule has 0 saturated heterocycles. The molecule has 0 radical (unpaired) electrons. The van der Waals surface area contributed by atoms with Crippen molar-refractivity contribution in [3.8, 4) is 0 Å². The number of hydrogen-bond donors (Lipinski definition) is 1. The molecule has 3 rings (SSSR count). The molecule has 0 atom stereocenters. The maximum Gasteiger partial charge on any atom is 0.261 e. The molecule has 1 aromatic heterocycles. The SMILES string of the molecule is CC.CC.CC.Cc1ccc(S(=O)(=O)Nc2ccc(C)cc2C(=O)c2ccncc2C)cc1. The van der Waals surface area contributed by atoms with E-state index in [0.717, 1.165) is 16.7 Å². The molecule has 0 aliphatic rings. The standard InChI is InChI=1S/C21H20N2O3S.3C2H6/c1-14-4-7-17(8-5-14)27(25,26)23-20-9-6-15(2)12-19(20)21(24)18-10-11-22-13-16(18)3;3*1-2/h4-13,23H,1-3H3;3*1-2H3. The van der Waals surface area contributed by atoms with Crippen molar-refractivity contribution in [3.05, 3.63) is 88.7 Å². The molecule has 0 unspecified atom stereocenters. The Hall–Kier alpha value is -2.99. The van der Waals surface area contributed by atoms with E-state index < -0.39 is 10.0 Å². The highest BCUT2D eigenvalue weighted by molar-refractivity contribution is 7.92. The molecule has 5 nitrogen and oxygen atoms in total. The third kappa shape index (κ3) is 8.46. The van der Waals surface area contributed by atoms with E-state index in [1.807, 2.05) is 55.4 Å². The fourth-order valence-electron chi connectivity index (χ4n) is 2.73. The number of rotatable bonds is 5. The van der Waals surface area contributed by atoms with Crippen LogP contribution in [0, 0.1) is 20.8 Å². The van der Waals surface area contributed by atoms with Gasteiger partial charge in [-0.3, -0.25) is 14.5 Å². The number of anilines is 1. The molecule has 180 valence electrons. The Bertz CT molecular complexity index is 1110. The topological polar surface area (TPSA) is 76.1 Å². The summed E-state index contributed by atoms with van der Waals surface area (Å²) in [5, 5.41) is 0. The minimum atomic E-state index is -3.81. The van der Waals surface area contributed by atoms with Crippen LogP contribution in [0.4, 0.5) is 5.69 Å². The van der Waals surface area contributed by atoms with Crippen molar-refractivity contribution in [1.82, 2.24) is 4.98 Å². The van der Waals surface area contributed by atoms with E-state index in [4.69, 9.17) is 0 Å². The molecule has 2 aromatic carbocycles. The lowest BCUT2D eigenvalue weighted by Gasteiger charge is -2.14. The van der Waals surface area contributed by atoms with Gasteiger partial charge in [-0.1, -0.05) is 70.9 Å². The van der Waals surface area contributed by atoms with Gasteiger partial charge in [0.15, 0.2) is 5.78 Å². The van der Waals surface area contributed by atoms with Gasteiger partial charge in [0.1, 0.15) is 0 Å². The first-order valence-corrected chi connectivity index (χ1v) is 12.9. The Morgan fingerprint density at radius 2 is 1.30 bits per heavy atom. The molecule has 0 aliphatic carbocycles. The zero-order chi connectivity index (χ0) is 25.6. The van der Waals surface area contributed by atoms with Crippen LogP contribution < -0.4 is 4.72 Å². The highest BCUT2D eigenvalue weighted by atomic mass is 32.2. The average Bonchev–Trinajstić information content (AvgIpc) is 2.84. The van der Waals surface area contributed by atoms with Crippen LogP contribution in [0.2, 0.25) is 0 Å². The number of hydrogen-bond acceptors (Lipinski definition) is 4. The molecule has 0 fully saturated rings. The number of aryl methyl sites for hydroxylation is 3. The number of sulfonamides is 1. The normalized spacial score (nSPS) is 9.73. The van der Waals surface area contributed by atoms with Crippen LogP contribution in [-0.4, -0.2) is 19.2 Å². The van der Waals surface area contributed by atoms with Crippen molar-refractivity contribution in [2.75, 3.05) is 4.72 Å². The van der Waals surface area contributed by atoms with E-state index in [1.54, 1.807) is 67.8 Å². The molecule has 3 aromatic rings. The van der Waals surface area contributed by atoms with Gasteiger partial charge in [0.05, 0.1) is 10.6 Å². The van der Waals surface area contributed by atoms with E-state index in [9.17, 15) is 13.2 Å². The van der Waals surface area contributed by atoms with Crippen molar-refractivity contribution in [2.45, 2.75) is 67.2 Å². The first kappa shape index (κ1) is 30.0. The Balaban J connectivity index is 0.00000158. The number of nitrogens with zero attached hydrogens (tertiary/aromatic N) is 1. The summed E-state index contributed by atoms with van der Waals surface area (Å²) >= 11 is 0. The zero-order valence-corrected chi connectivity index (χ0v) is 22.2. The highest BCUT2D eigenvalue weighted by Crippen LogP contribution is 2.25. The van der Waals surface area contributed by atoms with Gasteiger partial charge in [-0.2, -0.15) is 0 Å². The van der Waals surface area contributed by atoms with Gasteiger partial charge in [-0.05, 0) is 56.7 Å². The fraction of sp³-hybridized carbons (Fsp3) is 0.333. The van der Waals surface area contributed by atoms with Gasteiger partial charge in [-0.15, -0.1) is 0 Å².